The Labute approximate surface area is 115 Å². The first kappa shape index (κ1) is 14.3. The predicted molar refractivity (Wildman–Crippen MR) is 71.4 cm³/mol. The third kappa shape index (κ3) is 2.45. The number of hydrogen-bond donors (Lipinski definition) is 0. The second-order valence-corrected chi connectivity index (χ2v) is 4.94. The van der Waals surface area contributed by atoms with Gasteiger partial charge in [-0.3, -0.25) is 4.79 Å². The van der Waals surface area contributed by atoms with E-state index in [1.54, 1.807) is 13.1 Å². The summed E-state index contributed by atoms with van der Waals surface area (Å²) in [6.45, 7) is 5.79. The molecule has 0 aromatic carbocycles. The van der Waals surface area contributed by atoms with E-state index in [1.165, 1.54) is 6.92 Å². The van der Waals surface area contributed by atoms with Crippen LogP contribution in [0.4, 0.5) is 8.78 Å². The fraction of sp³-hybridized carbons (Fsp3) is 0.357. The molecule has 6 heteroatoms. The van der Waals surface area contributed by atoms with Crippen molar-refractivity contribution >= 4 is 0 Å². The van der Waals surface area contributed by atoms with Gasteiger partial charge in [0, 0.05) is 24.2 Å². The Kier molecular flexibility index (Phi) is 3.41. The van der Waals surface area contributed by atoms with E-state index in [2.05, 4.69) is 10.1 Å². The van der Waals surface area contributed by atoms with Gasteiger partial charge in [-0.15, -0.1) is 0 Å². The van der Waals surface area contributed by atoms with E-state index in [9.17, 15) is 13.6 Å². The van der Waals surface area contributed by atoms with E-state index in [1.807, 2.05) is 13.0 Å². The monoisotopic (exact) mass is 279 g/mol. The smallest absolute Gasteiger partial charge is 0.267 e. The lowest BCUT2D eigenvalue weighted by Gasteiger charge is -2.14. The van der Waals surface area contributed by atoms with Gasteiger partial charge < -0.3 is 0 Å². The first-order valence-corrected chi connectivity index (χ1v) is 6.12. The molecule has 2 aromatic heterocycles. The van der Waals surface area contributed by atoms with Crippen molar-refractivity contribution in [2.45, 2.75) is 33.6 Å². The molecule has 20 heavy (non-hydrogen) atoms. The molecule has 2 rings (SSSR count). The summed E-state index contributed by atoms with van der Waals surface area (Å²) in [4.78, 5) is 16.4. The van der Waals surface area contributed by atoms with E-state index < -0.39 is 11.5 Å². The van der Waals surface area contributed by atoms with Crippen molar-refractivity contribution in [2.24, 2.45) is 0 Å². The minimum Gasteiger partial charge on any atom is -0.267 e. The Bertz CT molecular complexity index is 717. The van der Waals surface area contributed by atoms with Gasteiger partial charge in [0.1, 0.15) is 0 Å². The van der Waals surface area contributed by atoms with Crippen LogP contribution in [0.1, 0.15) is 29.2 Å². The highest BCUT2D eigenvalue weighted by Gasteiger charge is 2.29. The minimum absolute atomic E-state index is 0.0192. The summed E-state index contributed by atoms with van der Waals surface area (Å²) < 4.78 is 27.8. The summed E-state index contributed by atoms with van der Waals surface area (Å²) in [5, 5.41) is 3.83. The molecule has 0 aliphatic carbocycles. The second-order valence-electron chi connectivity index (χ2n) is 4.94. The third-order valence-corrected chi connectivity index (χ3v) is 3.08. The Balaban J connectivity index is 2.66. The highest BCUT2D eigenvalue weighted by Crippen LogP contribution is 2.27. The lowest BCUT2D eigenvalue weighted by molar-refractivity contribution is 0.0160. The van der Waals surface area contributed by atoms with Crippen molar-refractivity contribution < 1.29 is 8.78 Å². The van der Waals surface area contributed by atoms with Gasteiger partial charge >= 0.3 is 0 Å². The predicted octanol–water partition coefficient (Wildman–Crippen LogP) is 2.66. The highest BCUT2D eigenvalue weighted by atomic mass is 19.3. The van der Waals surface area contributed by atoms with Gasteiger partial charge in [-0.25, -0.2) is 13.8 Å². The highest BCUT2D eigenvalue weighted by molar-refractivity contribution is 5.35. The molecule has 0 N–H and O–H groups in total. The Morgan fingerprint density at radius 2 is 1.85 bits per heavy atom. The normalized spacial score (nSPS) is 11.7. The molecule has 106 valence electrons. The van der Waals surface area contributed by atoms with E-state index in [0.717, 1.165) is 28.9 Å². The lowest BCUT2D eigenvalue weighted by Crippen LogP contribution is -2.28. The molecule has 2 aromatic rings. The average molecular weight is 279 g/mol. The quantitative estimate of drug-likeness (QED) is 0.849. The molecule has 0 amide bonds. The first-order chi connectivity index (χ1) is 9.21. The van der Waals surface area contributed by atoms with Crippen molar-refractivity contribution in [3.63, 3.8) is 0 Å². The number of pyridine rings is 1. The van der Waals surface area contributed by atoms with E-state index in [0.29, 0.717) is 5.82 Å². The molecule has 0 radical (unpaired) electrons. The molecule has 0 unspecified atom stereocenters. The summed E-state index contributed by atoms with van der Waals surface area (Å²) in [5.41, 5.74) is 0.754. The maximum absolute atomic E-state index is 13.4. The summed E-state index contributed by atoms with van der Waals surface area (Å²) >= 11 is 0. The number of aryl methyl sites for hydroxylation is 2. The molecule has 0 bridgehead atoms. The lowest BCUT2D eigenvalue weighted by atomic mass is 10.1. The van der Waals surface area contributed by atoms with Crippen LogP contribution in [0.5, 0.6) is 0 Å². The fourth-order valence-electron chi connectivity index (χ4n) is 2.06. The summed E-state index contributed by atoms with van der Waals surface area (Å²) in [6.07, 6.45) is 2.63. The van der Waals surface area contributed by atoms with Crippen LogP contribution in [0.25, 0.3) is 5.82 Å². The number of alkyl halides is 2. The van der Waals surface area contributed by atoms with Gasteiger partial charge in [0.05, 0.1) is 6.20 Å². The summed E-state index contributed by atoms with van der Waals surface area (Å²) in [5.74, 6) is -2.74. The maximum atomic E-state index is 13.4. The van der Waals surface area contributed by atoms with Crippen LogP contribution < -0.4 is 5.56 Å². The van der Waals surface area contributed by atoms with Crippen molar-refractivity contribution in [2.75, 3.05) is 0 Å². The molecule has 0 fully saturated rings. The van der Waals surface area contributed by atoms with E-state index in [4.69, 9.17) is 0 Å². The van der Waals surface area contributed by atoms with Gasteiger partial charge in [0.2, 0.25) is 0 Å². The molecular formula is C14H15F2N3O. The van der Waals surface area contributed by atoms with Gasteiger partial charge in [-0.2, -0.15) is 9.78 Å². The van der Waals surface area contributed by atoms with Crippen LogP contribution in [0, 0.1) is 20.8 Å². The number of halogens is 2. The molecule has 4 nitrogen and oxygen atoms in total. The number of hydrogen-bond acceptors (Lipinski definition) is 3. The molecule has 0 aliphatic heterocycles. The van der Waals surface area contributed by atoms with E-state index in [-0.39, 0.29) is 11.1 Å². The number of nitrogens with zero attached hydrogens (tertiary/aromatic N) is 3. The third-order valence-electron chi connectivity index (χ3n) is 3.08. The Morgan fingerprint density at radius 3 is 2.40 bits per heavy atom. The van der Waals surface area contributed by atoms with E-state index >= 15 is 0 Å². The van der Waals surface area contributed by atoms with Crippen molar-refractivity contribution in [1.82, 2.24) is 14.8 Å². The molecule has 2 heterocycles. The molecule has 0 saturated heterocycles. The molecule has 0 aliphatic rings. The maximum Gasteiger partial charge on any atom is 0.276 e. The SMILES string of the molecule is Cc1cnc(-n2ncc(C(C)(F)F)c(C)c2=O)c(C)c1. The van der Waals surface area contributed by atoms with Gasteiger partial charge in [-0.1, -0.05) is 6.07 Å². The Hall–Kier alpha value is -2.11. The summed E-state index contributed by atoms with van der Waals surface area (Å²) in [7, 11) is 0. The standard InChI is InChI=1S/C14H15F2N3O/c1-8-5-9(2)12(17-6-8)19-13(20)10(3)11(7-18-19)14(4,15)16/h5-7H,1-4H3. The largest absolute Gasteiger partial charge is 0.276 e. The minimum atomic E-state index is -3.09. The average Bonchev–Trinajstić information content (AvgIpc) is 2.32. The summed E-state index contributed by atoms with van der Waals surface area (Å²) in [6, 6.07) is 1.86. The second kappa shape index (κ2) is 4.77. The Morgan fingerprint density at radius 1 is 1.20 bits per heavy atom. The van der Waals surface area contributed by atoms with Crippen molar-refractivity contribution in [1.29, 1.82) is 0 Å². The van der Waals surface area contributed by atoms with Crippen LogP contribution >= 0.6 is 0 Å². The van der Waals surface area contributed by atoms with Crippen LogP contribution in [-0.4, -0.2) is 14.8 Å². The van der Waals surface area contributed by atoms with Crippen LogP contribution in [-0.2, 0) is 5.92 Å². The molecular weight excluding hydrogens is 264 g/mol. The van der Waals surface area contributed by atoms with Crippen molar-refractivity contribution in [3.8, 4) is 5.82 Å². The molecule has 0 atom stereocenters. The van der Waals surface area contributed by atoms with Crippen LogP contribution in [0.3, 0.4) is 0 Å². The topological polar surface area (TPSA) is 47.8 Å². The van der Waals surface area contributed by atoms with Crippen molar-refractivity contribution in [3.05, 3.63) is 51.1 Å². The zero-order valence-electron chi connectivity index (χ0n) is 11.7. The molecule has 0 spiro atoms. The first-order valence-electron chi connectivity index (χ1n) is 6.12. The fourth-order valence-corrected chi connectivity index (χ4v) is 2.06. The molecule has 0 saturated carbocycles. The number of aromatic nitrogens is 3. The number of rotatable bonds is 2. The zero-order chi connectivity index (χ0) is 15.1. The zero-order valence-corrected chi connectivity index (χ0v) is 11.7. The van der Waals surface area contributed by atoms with Gasteiger partial charge in [-0.05, 0) is 31.9 Å². The van der Waals surface area contributed by atoms with Gasteiger partial charge in [0.25, 0.3) is 11.5 Å². The van der Waals surface area contributed by atoms with Crippen LogP contribution in [0.15, 0.2) is 23.3 Å². The van der Waals surface area contributed by atoms with Crippen LogP contribution in [0.2, 0.25) is 0 Å². The van der Waals surface area contributed by atoms with Gasteiger partial charge in [0.15, 0.2) is 5.82 Å².